The number of aryl methyl sites for hydroxylation is 1. The Hall–Kier alpha value is -1.26. The van der Waals surface area contributed by atoms with Gasteiger partial charge in [-0.3, -0.25) is 0 Å². The topological polar surface area (TPSA) is 52.0 Å². The zero-order valence-corrected chi connectivity index (χ0v) is 10.8. The molecule has 0 saturated carbocycles. The average Bonchev–Trinajstić information content (AvgIpc) is 2.82. The van der Waals surface area contributed by atoms with Crippen molar-refractivity contribution in [1.29, 1.82) is 0 Å². The van der Waals surface area contributed by atoms with Crippen LogP contribution in [0.2, 0.25) is 0 Å². The number of benzene rings is 1. The molecule has 2 atom stereocenters. The zero-order chi connectivity index (χ0) is 12.3. The quantitative estimate of drug-likeness (QED) is 0.844. The molecule has 1 aromatic carbocycles. The standard InChI is InChI=1S/C13H16N2OS/c1-9-3-5-11(6-4-9)12(14)10(2)17-13-15-7-8-16-13/h3-8,10,12H,14H2,1-2H3. The van der Waals surface area contributed by atoms with E-state index in [2.05, 4.69) is 43.1 Å². The van der Waals surface area contributed by atoms with E-state index in [1.165, 1.54) is 5.56 Å². The van der Waals surface area contributed by atoms with E-state index in [9.17, 15) is 0 Å². The van der Waals surface area contributed by atoms with Crippen molar-refractivity contribution < 1.29 is 4.42 Å². The van der Waals surface area contributed by atoms with Gasteiger partial charge in [-0.1, -0.05) is 48.5 Å². The van der Waals surface area contributed by atoms with Crippen molar-refractivity contribution in [3.63, 3.8) is 0 Å². The van der Waals surface area contributed by atoms with Crippen LogP contribution >= 0.6 is 11.8 Å². The predicted molar refractivity (Wildman–Crippen MR) is 69.9 cm³/mol. The van der Waals surface area contributed by atoms with Gasteiger partial charge in [-0.15, -0.1) is 0 Å². The molecule has 0 radical (unpaired) electrons. The van der Waals surface area contributed by atoms with Gasteiger partial charge in [0.25, 0.3) is 5.22 Å². The van der Waals surface area contributed by atoms with E-state index in [4.69, 9.17) is 10.2 Å². The summed E-state index contributed by atoms with van der Waals surface area (Å²) >= 11 is 1.55. The second kappa shape index (κ2) is 5.38. The SMILES string of the molecule is Cc1ccc(C(N)C(C)Sc2ncco2)cc1. The summed E-state index contributed by atoms with van der Waals surface area (Å²) in [5, 5.41) is 0.886. The third-order valence-electron chi connectivity index (χ3n) is 2.66. The van der Waals surface area contributed by atoms with Crippen LogP contribution in [-0.2, 0) is 0 Å². The van der Waals surface area contributed by atoms with Crippen LogP contribution in [0.25, 0.3) is 0 Å². The van der Waals surface area contributed by atoms with E-state index in [-0.39, 0.29) is 11.3 Å². The maximum absolute atomic E-state index is 6.21. The van der Waals surface area contributed by atoms with Gasteiger partial charge in [0.2, 0.25) is 0 Å². The molecular weight excluding hydrogens is 232 g/mol. The molecule has 0 aliphatic rings. The van der Waals surface area contributed by atoms with Crippen LogP contribution in [0.4, 0.5) is 0 Å². The van der Waals surface area contributed by atoms with Crippen LogP contribution < -0.4 is 5.73 Å². The van der Waals surface area contributed by atoms with Crippen LogP contribution in [0.5, 0.6) is 0 Å². The third-order valence-corrected chi connectivity index (χ3v) is 3.73. The summed E-state index contributed by atoms with van der Waals surface area (Å²) in [4.78, 5) is 4.09. The van der Waals surface area contributed by atoms with Crippen LogP contribution in [0.3, 0.4) is 0 Å². The Bertz CT molecular complexity index is 453. The van der Waals surface area contributed by atoms with E-state index >= 15 is 0 Å². The molecule has 2 N–H and O–H groups in total. The summed E-state index contributed by atoms with van der Waals surface area (Å²) in [6, 6.07) is 8.29. The molecule has 3 nitrogen and oxygen atoms in total. The fourth-order valence-corrected chi connectivity index (χ4v) is 2.42. The van der Waals surface area contributed by atoms with Gasteiger partial charge >= 0.3 is 0 Å². The number of hydrogen-bond donors (Lipinski definition) is 1. The smallest absolute Gasteiger partial charge is 0.255 e. The van der Waals surface area contributed by atoms with Gasteiger partial charge in [-0.2, -0.15) is 0 Å². The largest absolute Gasteiger partial charge is 0.440 e. The fraction of sp³-hybridized carbons (Fsp3) is 0.308. The molecule has 90 valence electrons. The Morgan fingerprint density at radius 2 is 2.00 bits per heavy atom. The minimum atomic E-state index is -0.0208. The minimum Gasteiger partial charge on any atom is -0.440 e. The maximum atomic E-state index is 6.21. The first-order chi connectivity index (χ1) is 8.16. The molecule has 0 aliphatic carbocycles. The van der Waals surface area contributed by atoms with E-state index < -0.39 is 0 Å². The summed E-state index contributed by atoms with van der Waals surface area (Å²) in [7, 11) is 0. The lowest BCUT2D eigenvalue weighted by Crippen LogP contribution is -2.21. The first kappa shape index (κ1) is 12.2. The number of oxazole rings is 1. The van der Waals surface area contributed by atoms with E-state index in [1.54, 1.807) is 24.2 Å². The number of nitrogens with two attached hydrogens (primary N) is 1. The Morgan fingerprint density at radius 1 is 1.29 bits per heavy atom. The number of rotatable bonds is 4. The molecule has 4 heteroatoms. The molecule has 2 aromatic rings. The highest BCUT2D eigenvalue weighted by atomic mass is 32.2. The number of hydrogen-bond acceptors (Lipinski definition) is 4. The summed E-state index contributed by atoms with van der Waals surface area (Å²) in [5.41, 5.74) is 8.60. The molecule has 1 aromatic heterocycles. The highest BCUT2D eigenvalue weighted by Crippen LogP contribution is 2.29. The highest BCUT2D eigenvalue weighted by molar-refractivity contribution is 7.99. The zero-order valence-electron chi connectivity index (χ0n) is 9.96. The van der Waals surface area contributed by atoms with Crippen molar-refractivity contribution >= 4 is 11.8 Å². The fourth-order valence-electron chi connectivity index (χ4n) is 1.56. The molecule has 0 fully saturated rings. The van der Waals surface area contributed by atoms with Crippen molar-refractivity contribution in [3.8, 4) is 0 Å². The third kappa shape index (κ3) is 3.11. The summed E-state index contributed by atoms with van der Waals surface area (Å²) in [6.07, 6.45) is 3.22. The second-order valence-electron chi connectivity index (χ2n) is 4.06. The minimum absolute atomic E-state index is 0.0208. The summed E-state index contributed by atoms with van der Waals surface area (Å²) in [6.45, 7) is 4.15. The maximum Gasteiger partial charge on any atom is 0.255 e. The van der Waals surface area contributed by atoms with Crippen molar-refractivity contribution in [1.82, 2.24) is 4.98 Å². The molecule has 0 amide bonds. The van der Waals surface area contributed by atoms with Gasteiger partial charge in [0.05, 0.1) is 6.20 Å². The monoisotopic (exact) mass is 248 g/mol. The van der Waals surface area contributed by atoms with E-state index in [0.717, 1.165) is 5.56 Å². The van der Waals surface area contributed by atoms with Gasteiger partial charge < -0.3 is 10.2 Å². The summed E-state index contributed by atoms with van der Waals surface area (Å²) in [5.74, 6) is 0. The Morgan fingerprint density at radius 3 is 2.59 bits per heavy atom. The summed E-state index contributed by atoms with van der Waals surface area (Å²) < 4.78 is 5.21. The van der Waals surface area contributed by atoms with Crippen molar-refractivity contribution in [2.45, 2.75) is 30.4 Å². The van der Waals surface area contributed by atoms with Gasteiger partial charge in [0, 0.05) is 11.3 Å². The van der Waals surface area contributed by atoms with Gasteiger partial charge in [-0.25, -0.2) is 4.98 Å². The van der Waals surface area contributed by atoms with Gasteiger partial charge in [0.1, 0.15) is 6.26 Å². The molecule has 2 rings (SSSR count). The lowest BCUT2D eigenvalue weighted by atomic mass is 10.0. The van der Waals surface area contributed by atoms with E-state index in [0.29, 0.717) is 5.22 Å². The molecule has 17 heavy (non-hydrogen) atoms. The number of nitrogens with zero attached hydrogens (tertiary/aromatic N) is 1. The first-order valence-electron chi connectivity index (χ1n) is 5.55. The molecule has 0 spiro atoms. The van der Waals surface area contributed by atoms with Gasteiger partial charge in [0.15, 0.2) is 0 Å². The Labute approximate surface area is 105 Å². The number of aromatic nitrogens is 1. The molecule has 2 unspecified atom stereocenters. The second-order valence-corrected chi connectivity index (χ2v) is 5.39. The van der Waals surface area contributed by atoms with E-state index in [1.807, 2.05) is 0 Å². The van der Waals surface area contributed by atoms with Crippen LogP contribution in [0.15, 0.2) is 46.4 Å². The lowest BCUT2D eigenvalue weighted by molar-refractivity contribution is 0.452. The highest BCUT2D eigenvalue weighted by Gasteiger charge is 2.17. The van der Waals surface area contributed by atoms with Gasteiger partial charge in [-0.05, 0) is 12.5 Å². The normalized spacial score (nSPS) is 14.5. The Kier molecular flexibility index (Phi) is 3.86. The van der Waals surface area contributed by atoms with Crippen LogP contribution in [-0.4, -0.2) is 10.2 Å². The molecular formula is C13H16N2OS. The lowest BCUT2D eigenvalue weighted by Gasteiger charge is -2.18. The van der Waals surface area contributed by atoms with Crippen LogP contribution in [0, 0.1) is 6.92 Å². The Balaban J connectivity index is 2.04. The predicted octanol–water partition coefficient (Wildman–Crippen LogP) is 3.16. The van der Waals surface area contributed by atoms with Crippen LogP contribution in [0.1, 0.15) is 24.1 Å². The molecule has 1 heterocycles. The molecule has 0 bridgehead atoms. The number of thioether (sulfide) groups is 1. The van der Waals surface area contributed by atoms with Crippen molar-refractivity contribution in [2.75, 3.05) is 0 Å². The van der Waals surface area contributed by atoms with Crippen molar-refractivity contribution in [2.24, 2.45) is 5.73 Å². The molecule has 0 saturated heterocycles. The van der Waals surface area contributed by atoms with Crippen molar-refractivity contribution in [3.05, 3.63) is 47.9 Å². The first-order valence-corrected chi connectivity index (χ1v) is 6.43. The molecule has 0 aliphatic heterocycles. The average molecular weight is 248 g/mol.